The second-order valence-corrected chi connectivity index (χ2v) is 4.16. The van der Waals surface area contributed by atoms with Crippen LogP contribution in [-0.2, 0) is 4.74 Å². The molecule has 1 aromatic carbocycles. The van der Waals surface area contributed by atoms with Gasteiger partial charge in [-0.25, -0.2) is 4.79 Å². The normalized spacial score (nSPS) is 19.2. The van der Waals surface area contributed by atoms with E-state index in [9.17, 15) is 4.79 Å². The minimum atomic E-state index is -0.259. The zero-order chi connectivity index (χ0) is 11.4. The van der Waals surface area contributed by atoms with E-state index in [1.165, 1.54) is 25.5 Å². The maximum Gasteiger partial charge on any atom is 0.337 e. The van der Waals surface area contributed by atoms with Crippen molar-refractivity contribution in [2.24, 2.45) is 0 Å². The zero-order valence-corrected chi connectivity index (χ0v) is 10.8. The number of carbonyl (C=O) groups excluding carboxylic acids is 1. The van der Waals surface area contributed by atoms with Crippen LogP contribution >= 0.6 is 12.4 Å². The molecule has 1 aromatic rings. The highest BCUT2D eigenvalue weighted by molar-refractivity contribution is 5.89. The Labute approximate surface area is 108 Å². The molecular formula is C13H18ClNO2. The van der Waals surface area contributed by atoms with Crippen LogP contribution in [0.25, 0.3) is 0 Å². The molecule has 1 saturated heterocycles. The smallest absolute Gasteiger partial charge is 0.337 e. The van der Waals surface area contributed by atoms with Gasteiger partial charge in [0.1, 0.15) is 0 Å². The van der Waals surface area contributed by atoms with Crippen LogP contribution in [-0.4, -0.2) is 26.2 Å². The lowest BCUT2D eigenvalue weighted by Crippen LogP contribution is -2.28. The Bertz CT molecular complexity index is 375. The molecule has 94 valence electrons. The van der Waals surface area contributed by atoms with Gasteiger partial charge in [0, 0.05) is 6.54 Å². The van der Waals surface area contributed by atoms with Gasteiger partial charge in [-0.05, 0) is 43.0 Å². The molecule has 17 heavy (non-hydrogen) atoms. The van der Waals surface area contributed by atoms with Crippen LogP contribution in [0.3, 0.4) is 0 Å². The van der Waals surface area contributed by atoms with E-state index >= 15 is 0 Å². The van der Waals surface area contributed by atoms with E-state index in [2.05, 4.69) is 11.4 Å². The maximum absolute atomic E-state index is 11.4. The van der Waals surface area contributed by atoms with Crippen LogP contribution in [0.1, 0.15) is 34.7 Å². The number of hydrogen-bond acceptors (Lipinski definition) is 3. The molecule has 0 radical (unpaired) electrons. The van der Waals surface area contributed by atoms with E-state index in [4.69, 9.17) is 4.74 Å². The van der Waals surface area contributed by atoms with Crippen LogP contribution in [0.4, 0.5) is 0 Å². The fraction of sp³-hybridized carbons (Fsp3) is 0.462. The average molecular weight is 256 g/mol. The molecule has 1 atom stereocenters. The summed E-state index contributed by atoms with van der Waals surface area (Å²) < 4.78 is 4.72. The highest BCUT2D eigenvalue weighted by Gasteiger charge is 2.16. The van der Waals surface area contributed by atoms with Crippen molar-refractivity contribution in [1.29, 1.82) is 0 Å². The van der Waals surface area contributed by atoms with Crippen molar-refractivity contribution in [2.45, 2.75) is 18.8 Å². The molecule has 1 aliphatic rings. The van der Waals surface area contributed by atoms with Crippen LogP contribution < -0.4 is 5.32 Å². The third-order valence-corrected chi connectivity index (χ3v) is 3.08. The molecule has 0 aliphatic carbocycles. The van der Waals surface area contributed by atoms with Crippen LogP contribution in [0.15, 0.2) is 24.3 Å². The summed E-state index contributed by atoms with van der Waals surface area (Å²) in [6, 6.07) is 7.76. The van der Waals surface area contributed by atoms with Gasteiger partial charge in [0.05, 0.1) is 12.7 Å². The third-order valence-electron chi connectivity index (χ3n) is 3.08. The van der Waals surface area contributed by atoms with Crippen molar-refractivity contribution >= 4 is 18.4 Å². The molecule has 1 unspecified atom stereocenters. The second kappa shape index (κ2) is 6.62. The van der Waals surface area contributed by atoms with Crippen LogP contribution in [0.5, 0.6) is 0 Å². The summed E-state index contributed by atoms with van der Waals surface area (Å²) in [7, 11) is 1.41. The number of carbonyl (C=O) groups is 1. The van der Waals surface area contributed by atoms with Gasteiger partial charge in [0.25, 0.3) is 0 Å². The van der Waals surface area contributed by atoms with E-state index < -0.39 is 0 Å². The molecule has 1 heterocycles. The first-order valence-electron chi connectivity index (χ1n) is 5.70. The number of hydrogen-bond donors (Lipinski definition) is 1. The number of esters is 1. The highest BCUT2D eigenvalue weighted by Crippen LogP contribution is 2.23. The van der Waals surface area contributed by atoms with E-state index in [1.807, 2.05) is 12.1 Å². The molecule has 0 saturated carbocycles. The topological polar surface area (TPSA) is 38.3 Å². The molecule has 1 aliphatic heterocycles. The minimum absolute atomic E-state index is 0. The van der Waals surface area contributed by atoms with Gasteiger partial charge in [-0.1, -0.05) is 12.1 Å². The van der Waals surface area contributed by atoms with Crippen molar-refractivity contribution in [2.75, 3.05) is 20.2 Å². The number of benzene rings is 1. The Balaban J connectivity index is 0.00000144. The largest absolute Gasteiger partial charge is 0.465 e. The van der Waals surface area contributed by atoms with Gasteiger partial charge in [0.2, 0.25) is 0 Å². The standard InChI is InChI=1S/C13H17NO2.ClH/c1-16-13(15)11-5-2-4-10(8-11)12-6-3-7-14-9-12;/h2,4-5,8,12,14H,3,6-7,9H2,1H3;1H. The molecule has 0 bridgehead atoms. The van der Waals surface area contributed by atoms with Crippen LogP contribution in [0.2, 0.25) is 0 Å². The molecule has 1 fully saturated rings. The lowest BCUT2D eigenvalue weighted by atomic mass is 9.91. The molecule has 3 nitrogen and oxygen atoms in total. The Morgan fingerprint density at radius 2 is 2.29 bits per heavy atom. The monoisotopic (exact) mass is 255 g/mol. The second-order valence-electron chi connectivity index (χ2n) is 4.16. The Morgan fingerprint density at radius 3 is 2.94 bits per heavy atom. The van der Waals surface area contributed by atoms with Gasteiger partial charge in [-0.15, -0.1) is 12.4 Å². The quantitative estimate of drug-likeness (QED) is 0.825. The van der Waals surface area contributed by atoms with Gasteiger partial charge < -0.3 is 10.1 Å². The predicted molar refractivity (Wildman–Crippen MR) is 69.9 cm³/mol. The van der Waals surface area contributed by atoms with Crippen LogP contribution in [0, 0.1) is 0 Å². The van der Waals surface area contributed by atoms with E-state index in [0.29, 0.717) is 11.5 Å². The molecule has 0 spiro atoms. The maximum atomic E-state index is 11.4. The minimum Gasteiger partial charge on any atom is -0.465 e. The SMILES string of the molecule is COC(=O)c1cccc(C2CCCNC2)c1.Cl. The summed E-state index contributed by atoms with van der Waals surface area (Å²) in [6.07, 6.45) is 2.39. The molecule has 0 amide bonds. The Hall–Kier alpha value is -1.06. The summed E-state index contributed by atoms with van der Waals surface area (Å²) in [5, 5.41) is 3.38. The number of methoxy groups -OCH3 is 1. The van der Waals surface area contributed by atoms with Gasteiger partial charge in [0.15, 0.2) is 0 Å². The van der Waals surface area contributed by atoms with E-state index in [-0.39, 0.29) is 18.4 Å². The molecule has 1 N–H and O–H groups in total. The molecule has 0 aromatic heterocycles. The van der Waals surface area contributed by atoms with Crippen molar-refractivity contribution in [3.05, 3.63) is 35.4 Å². The number of nitrogens with one attached hydrogen (secondary N) is 1. The zero-order valence-electron chi connectivity index (χ0n) is 9.94. The summed E-state index contributed by atoms with van der Waals surface area (Å²) in [5.41, 5.74) is 1.88. The fourth-order valence-corrected chi connectivity index (χ4v) is 2.17. The molecule has 4 heteroatoms. The molecular weight excluding hydrogens is 238 g/mol. The summed E-state index contributed by atoms with van der Waals surface area (Å²) in [6.45, 7) is 2.11. The summed E-state index contributed by atoms with van der Waals surface area (Å²) in [5.74, 6) is 0.268. The van der Waals surface area contributed by atoms with Crippen molar-refractivity contribution in [1.82, 2.24) is 5.32 Å². The Morgan fingerprint density at radius 1 is 1.47 bits per heavy atom. The number of halogens is 1. The lowest BCUT2D eigenvalue weighted by molar-refractivity contribution is 0.0600. The van der Waals surface area contributed by atoms with Crippen molar-refractivity contribution < 1.29 is 9.53 Å². The van der Waals surface area contributed by atoms with E-state index in [1.54, 1.807) is 6.07 Å². The first-order chi connectivity index (χ1) is 7.81. The third kappa shape index (κ3) is 3.45. The lowest BCUT2D eigenvalue weighted by Gasteiger charge is -2.23. The van der Waals surface area contributed by atoms with Gasteiger partial charge in [-0.2, -0.15) is 0 Å². The predicted octanol–water partition coefficient (Wildman–Crippen LogP) is 2.36. The van der Waals surface area contributed by atoms with Crippen molar-refractivity contribution in [3.63, 3.8) is 0 Å². The average Bonchev–Trinajstić information content (AvgIpc) is 2.39. The van der Waals surface area contributed by atoms with Gasteiger partial charge in [-0.3, -0.25) is 0 Å². The molecule has 2 rings (SSSR count). The van der Waals surface area contributed by atoms with Gasteiger partial charge >= 0.3 is 5.97 Å². The Kier molecular flexibility index (Phi) is 5.45. The van der Waals surface area contributed by atoms with Crippen molar-refractivity contribution in [3.8, 4) is 0 Å². The fourth-order valence-electron chi connectivity index (χ4n) is 2.17. The summed E-state index contributed by atoms with van der Waals surface area (Å²) >= 11 is 0. The first-order valence-corrected chi connectivity index (χ1v) is 5.70. The number of ether oxygens (including phenoxy) is 1. The number of rotatable bonds is 2. The first kappa shape index (κ1) is 14.0. The highest BCUT2D eigenvalue weighted by atomic mass is 35.5. The van der Waals surface area contributed by atoms with E-state index in [0.717, 1.165) is 13.1 Å². The summed E-state index contributed by atoms with van der Waals surface area (Å²) in [4.78, 5) is 11.4. The number of piperidine rings is 1.